The lowest BCUT2D eigenvalue weighted by Crippen LogP contribution is -1.96. The van der Waals surface area contributed by atoms with Crippen LogP contribution in [0.25, 0.3) is 11.1 Å². The second-order valence-corrected chi connectivity index (χ2v) is 3.97. The van der Waals surface area contributed by atoms with Crippen molar-refractivity contribution in [3.63, 3.8) is 0 Å². The number of H-pyrrole nitrogens is 1. The fraction of sp³-hybridized carbons (Fsp3) is 0. The van der Waals surface area contributed by atoms with Gasteiger partial charge in [-0.25, -0.2) is 4.79 Å². The summed E-state index contributed by atoms with van der Waals surface area (Å²) in [5.74, 6) is -1.01. The zero-order valence-corrected chi connectivity index (χ0v) is 9.51. The van der Waals surface area contributed by atoms with E-state index in [0.29, 0.717) is 21.2 Å². The lowest BCUT2D eigenvalue weighted by atomic mass is 10.0. The highest BCUT2D eigenvalue weighted by Crippen LogP contribution is 2.34. The first-order valence-corrected chi connectivity index (χ1v) is 5.21. The number of aromatic nitrogens is 1. The van der Waals surface area contributed by atoms with Crippen LogP contribution in [0.2, 0.25) is 10.0 Å². The van der Waals surface area contributed by atoms with Gasteiger partial charge in [-0.2, -0.15) is 0 Å². The van der Waals surface area contributed by atoms with Crippen LogP contribution in [-0.2, 0) is 0 Å². The smallest absolute Gasteiger partial charge is 0.337 e. The summed E-state index contributed by atoms with van der Waals surface area (Å²) in [6.07, 6.45) is 3.00. The summed E-state index contributed by atoms with van der Waals surface area (Å²) in [6, 6.07) is 5.10. The third kappa shape index (κ3) is 1.79. The fourth-order valence-electron chi connectivity index (χ4n) is 1.48. The van der Waals surface area contributed by atoms with Crippen LogP contribution in [-0.4, -0.2) is 16.1 Å². The van der Waals surface area contributed by atoms with Crippen LogP contribution in [0.15, 0.2) is 30.6 Å². The Morgan fingerprint density at radius 2 is 1.94 bits per heavy atom. The number of carboxylic acid groups (broad SMARTS) is 1. The zero-order chi connectivity index (χ0) is 11.7. The summed E-state index contributed by atoms with van der Waals surface area (Å²) in [5.41, 5.74) is 1.30. The van der Waals surface area contributed by atoms with Crippen LogP contribution < -0.4 is 0 Å². The van der Waals surface area contributed by atoms with E-state index in [2.05, 4.69) is 4.98 Å². The number of halogens is 2. The van der Waals surface area contributed by atoms with E-state index in [4.69, 9.17) is 28.3 Å². The molecule has 82 valence electrons. The van der Waals surface area contributed by atoms with Gasteiger partial charge in [0.05, 0.1) is 15.6 Å². The van der Waals surface area contributed by atoms with Gasteiger partial charge in [0.1, 0.15) is 0 Å². The topological polar surface area (TPSA) is 53.1 Å². The molecule has 0 radical (unpaired) electrons. The summed E-state index contributed by atoms with van der Waals surface area (Å²) in [4.78, 5) is 13.7. The third-order valence-electron chi connectivity index (χ3n) is 2.22. The molecule has 5 heteroatoms. The Hall–Kier alpha value is -1.45. The average Bonchev–Trinajstić information content (AvgIpc) is 2.70. The van der Waals surface area contributed by atoms with Crippen LogP contribution in [0, 0.1) is 0 Å². The Kier molecular flexibility index (Phi) is 2.90. The van der Waals surface area contributed by atoms with Crippen molar-refractivity contribution in [2.75, 3.05) is 0 Å². The molecule has 1 aromatic heterocycles. The minimum atomic E-state index is -1.01. The van der Waals surface area contributed by atoms with Crippen molar-refractivity contribution in [1.82, 2.24) is 4.98 Å². The number of rotatable bonds is 2. The highest BCUT2D eigenvalue weighted by atomic mass is 35.5. The van der Waals surface area contributed by atoms with Gasteiger partial charge in [-0.05, 0) is 6.07 Å². The summed E-state index contributed by atoms with van der Waals surface area (Å²) < 4.78 is 0. The van der Waals surface area contributed by atoms with Crippen LogP contribution in [0.4, 0.5) is 0 Å². The van der Waals surface area contributed by atoms with E-state index in [1.807, 2.05) is 0 Å². The first kappa shape index (κ1) is 11.0. The van der Waals surface area contributed by atoms with Gasteiger partial charge in [-0.1, -0.05) is 35.3 Å². The van der Waals surface area contributed by atoms with Gasteiger partial charge in [0, 0.05) is 23.5 Å². The number of aromatic amines is 1. The number of hydrogen-bond acceptors (Lipinski definition) is 1. The normalized spacial score (nSPS) is 10.4. The lowest BCUT2D eigenvalue weighted by molar-refractivity contribution is 0.0698. The molecule has 0 saturated carbocycles. The molecule has 2 N–H and O–H groups in total. The minimum absolute atomic E-state index is 0.171. The van der Waals surface area contributed by atoms with Crippen LogP contribution in [0.1, 0.15) is 10.4 Å². The second kappa shape index (κ2) is 4.20. The number of aromatic carboxylic acids is 1. The van der Waals surface area contributed by atoms with Crippen molar-refractivity contribution in [3.8, 4) is 11.1 Å². The number of benzene rings is 1. The minimum Gasteiger partial charge on any atom is -0.478 e. The molecule has 0 atom stereocenters. The Balaban J connectivity index is 2.63. The van der Waals surface area contributed by atoms with Gasteiger partial charge in [-0.15, -0.1) is 0 Å². The molecule has 2 aromatic rings. The standard InChI is InChI=1S/C11H7Cl2NO2/c12-9-3-1-2-6(10(9)13)7-4-14-5-8(7)11(15)16/h1-5,14H,(H,15,16). The van der Waals surface area contributed by atoms with Gasteiger partial charge in [0.2, 0.25) is 0 Å². The number of hydrogen-bond donors (Lipinski definition) is 2. The van der Waals surface area contributed by atoms with Gasteiger partial charge in [-0.3, -0.25) is 0 Å². The Labute approximate surface area is 102 Å². The van der Waals surface area contributed by atoms with Crippen molar-refractivity contribution in [1.29, 1.82) is 0 Å². The van der Waals surface area contributed by atoms with E-state index in [1.54, 1.807) is 24.4 Å². The first-order valence-electron chi connectivity index (χ1n) is 4.45. The molecule has 16 heavy (non-hydrogen) atoms. The molecule has 0 spiro atoms. The summed E-state index contributed by atoms with van der Waals surface area (Å²) in [7, 11) is 0. The predicted octanol–water partition coefficient (Wildman–Crippen LogP) is 3.69. The molecule has 0 saturated heterocycles. The van der Waals surface area contributed by atoms with Crippen LogP contribution >= 0.6 is 23.2 Å². The molecule has 3 nitrogen and oxygen atoms in total. The van der Waals surface area contributed by atoms with E-state index < -0.39 is 5.97 Å². The van der Waals surface area contributed by atoms with Gasteiger partial charge >= 0.3 is 5.97 Å². The first-order chi connectivity index (χ1) is 7.61. The van der Waals surface area contributed by atoms with Crippen molar-refractivity contribution in [2.45, 2.75) is 0 Å². The summed E-state index contributed by atoms with van der Waals surface area (Å²) in [6.45, 7) is 0. The second-order valence-electron chi connectivity index (χ2n) is 3.19. The molecule has 0 unspecified atom stereocenters. The highest BCUT2D eigenvalue weighted by Gasteiger charge is 2.15. The van der Waals surface area contributed by atoms with Gasteiger partial charge < -0.3 is 10.1 Å². The van der Waals surface area contributed by atoms with E-state index in [9.17, 15) is 4.79 Å². The number of nitrogens with one attached hydrogen (secondary N) is 1. The van der Waals surface area contributed by atoms with E-state index >= 15 is 0 Å². The fourth-order valence-corrected chi connectivity index (χ4v) is 1.88. The molecule has 0 bridgehead atoms. The Bertz CT molecular complexity index is 549. The van der Waals surface area contributed by atoms with E-state index in [1.165, 1.54) is 6.20 Å². The molecule has 0 aliphatic carbocycles. The van der Waals surface area contributed by atoms with Crippen LogP contribution in [0.3, 0.4) is 0 Å². The number of carbonyl (C=O) groups is 1. The molecular weight excluding hydrogens is 249 g/mol. The SMILES string of the molecule is O=C(O)c1c[nH]cc1-c1cccc(Cl)c1Cl. The molecule has 2 rings (SSSR count). The maximum absolute atomic E-state index is 11.0. The average molecular weight is 256 g/mol. The van der Waals surface area contributed by atoms with E-state index in [0.717, 1.165) is 0 Å². The molecule has 1 aromatic carbocycles. The molecule has 0 aliphatic heterocycles. The lowest BCUT2D eigenvalue weighted by Gasteiger charge is -2.04. The van der Waals surface area contributed by atoms with Crippen LogP contribution in [0.5, 0.6) is 0 Å². The van der Waals surface area contributed by atoms with Gasteiger partial charge in [0.15, 0.2) is 0 Å². The molecule has 0 fully saturated rings. The quantitative estimate of drug-likeness (QED) is 0.860. The Morgan fingerprint density at radius 1 is 1.19 bits per heavy atom. The summed E-state index contributed by atoms with van der Waals surface area (Å²) in [5, 5.41) is 9.73. The predicted molar refractivity (Wildman–Crippen MR) is 63.2 cm³/mol. The van der Waals surface area contributed by atoms with Gasteiger partial charge in [0.25, 0.3) is 0 Å². The molecule has 1 heterocycles. The Morgan fingerprint density at radius 3 is 2.62 bits per heavy atom. The summed E-state index contributed by atoms with van der Waals surface area (Å²) >= 11 is 11.9. The zero-order valence-electron chi connectivity index (χ0n) is 8.00. The molecular formula is C11H7Cl2NO2. The number of carboxylic acids is 1. The van der Waals surface area contributed by atoms with Crippen molar-refractivity contribution >= 4 is 29.2 Å². The maximum Gasteiger partial charge on any atom is 0.337 e. The highest BCUT2D eigenvalue weighted by molar-refractivity contribution is 6.43. The van der Waals surface area contributed by atoms with E-state index in [-0.39, 0.29) is 5.56 Å². The van der Waals surface area contributed by atoms with Crippen molar-refractivity contribution in [3.05, 3.63) is 46.2 Å². The van der Waals surface area contributed by atoms with Crippen molar-refractivity contribution in [2.24, 2.45) is 0 Å². The monoisotopic (exact) mass is 255 g/mol. The maximum atomic E-state index is 11.0. The largest absolute Gasteiger partial charge is 0.478 e. The van der Waals surface area contributed by atoms with Crippen molar-refractivity contribution < 1.29 is 9.90 Å². The molecule has 0 amide bonds. The molecule has 0 aliphatic rings. The third-order valence-corrected chi connectivity index (χ3v) is 3.04.